The summed E-state index contributed by atoms with van der Waals surface area (Å²) in [5, 5.41) is 0.723. The number of benzene rings is 3. The number of ether oxygens (including phenoxy) is 1. The van der Waals surface area contributed by atoms with Gasteiger partial charge in [0.15, 0.2) is 6.10 Å². The van der Waals surface area contributed by atoms with E-state index >= 15 is 0 Å². The topological polar surface area (TPSA) is 21.6 Å². The third kappa shape index (κ3) is 3.38. The van der Waals surface area contributed by atoms with Crippen LogP contribution in [0.25, 0.3) is 0 Å². The quantitative estimate of drug-likeness (QED) is 0.570. The molecule has 0 N–H and O–H groups in total. The van der Waals surface area contributed by atoms with Gasteiger partial charge in [-0.3, -0.25) is 0 Å². The summed E-state index contributed by atoms with van der Waals surface area (Å²) >= 11 is 6.07. The lowest BCUT2D eigenvalue weighted by Crippen LogP contribution is -2.30. The molecule has 0 amide bonds. The summed E-state index contributed by atoms with van der Waals surface area (Å²) in [6, 6.07) is 28.4. The van der Waals surface area contributed by atoms with Crippen LogP contribution in [0.4, 0.5) is 0 Å². The first-order valence-electron chi connectivity index (χ1n) is 8.75. The van der Waals surface area contributed by atoms with Gasteiger partial charge < -0.3 is 4.74 Å². The van der Waals surface area contributed by atoms with Gasteiger partial charge in [-0.15, -0.1) is 0 Å². The second-order valence-corrected chi connectivity index (χ2v) is 7.29. The Labute approximate surface area is 159 Å². The second-order valence-electron chi connectivity index (χ2n) is 6.85. The molecule has 3 aromatic rings. The summed E-state index contributed by atoms with van der Waals surface area (Å²) < 4.78 is 6.37. The molecule has 1 aliphatic rings. The molecule has 0 unspecified atom stereocenters. The molecule has 2 nitrogen and oxygen atoms in total. The van der Waals surface area contributed by atoms with Crippen LogP contribution in [-0.2, 0) is 11.2 Å². The van der Waals surface area contributed by atoms with Crippen molar-refractivity contribution in [3.8, 4) is 0 Å². The molecule has 130 valence electrons. The van der Waals surface area contributed by atoms with Crippen LogP contribution >= 0.6 is 11.6 Å². The Morgan fingerprint density at radius 3 is 2.15 bits per heavy atom. The number of aliphatic imine (C=N–C) groups is 1. The van der Waals surface area contributed by atoms with Gasteiger partial charge in [0, 0.05) is 17.0 Å². The van der Waals surface area contributed by atoms with Crippen LogP contribution < -0.4 is 0 Å². The van der Waals surface area contributed by atoms with E-state index in [4.69, 9.17) is 21.3 Å². The fourth-order valence-electron chi connectivity index (χ4n) is 3.47. The van der Waals surface area contributed by atoms with Gasteiger partial charge >= 0.3 is 0 Å². The molecule has 26 heavy (non-hydrogen) atoms. The van der Waals surface area contributed by atoms with Crippen molar-refractivity contribution in [1.82, 2.24) is 0 Å². The van der Waals surface area contributed by atoms with Crippen molar-refractivity contribution in [3.05, 3.63) is 107 Å². The molecule has 0 saturated heterocycles. The molecule has 3 heteroatoms. The highest BCUT2D eigenvalue weighted by Gasteiger charge is 2.43. The van der Waals surface area contributed by atoms with Crippen LogP contribution in [0, 0.1) is 0 Å². The minimum absolute atomic E-state index is 0.157. The molecule has 1 heterocycles. The van der Waals surface area contributed by atoms with Gasteiger partial charge in [0.25, 0.3) is 0 Å². The molecule has 4 rings (SSSR count). The third-order valence-electron chi connectivity index (χ3n) is 4.75. The van der Waals surface area contributed by atoms with Gasteiger partial charge in [0.05, 0.1) is 0 Å². The number of hydrogen-bond donors (Lipinski definition) is 0. The zero-order valence-electron chi connectivity index (χ0n) is 14.6. The lowest BCUT2D eigenvalue weighted by Gasteiger charge is -2.28. The molecular weight excluding hydrogens is 342 g/mol. The highest BCUT2D eigenvalue weighted by molar-refractivity contribution is 6.30. The maximum Gasteiger partial charge on any atom is 0.217 e. The molecule has 0 bridgehead atoms. The van der Waals surface area contributed by atoms with Gasteiger partial charge in [0.2, 0.25) is 5.90 Å². The maximum absolute atomic E-state index is 6.37. The molecule has 0 radical (unpaired) electrons. The Balaban J connectivity index is 1.73. The van der Waals surface area contributed by atoms with E-state index in [0.29, 0.717) is 5.90 Å². The molecule has 0 aliphatic carbocycles. The van der Waals surface area contributed by atoms with Crippen molar-refractivity contribution in [2.45, 2.75) is 25.0 Å². The summed E-state index contributed by atoms with van der Waals surface area (Å²) in [4.78, 5) is 5.03. The van der Waals surface area contributed by atoms with Crippen molar-refractivity contribution >= 4 is 17.5 Å². The first-order valence-corrected chi connectivity index (χ1v) is 9.13. The standard InChI is InChI=1S/C23H20ClNO/c1-23(16-17-8-4-2-5-9-17)21(18-12-14-20(24)15-13-18)26-22(25-23)19-10-6-3-7-11-19/h2-15,21H,16H2,1H3/t21-,23-/m0/s1. The normalized spacial score (nSPS) is 21.9. The predicted octanol–water partition coefficient (Wildman–Crippen LogP) is 5.86. The Hall–Kier alpha value is -2.58. The van der Waals surface area contributed by atoms with Gasteiger partial charge in [-0.1, -0.05) is 72.3 Å². The zero-order valence-corrected chi connectivity index (χ0v) is 15.4. The van der Waals surface area contributed by atoms with E-state index in [-0.39, 0.29) is 11.6 Å². The Morgan fingerprint density at radius 1 is 0.885 bits per heavy atom. The highest BCUT2D eigenvalue weighted by Crippen LogP contribution is 2.41. The second kappa shape index (κ2) is 6.97. The van der Waals surface area contributed by atoms with Crippen molar-refractivity contribution in [3.63, 3.8) is 0 Å². The summed E-state index contributed by atoms with van der Waals surface area (Å²) in [6.07, 6.45) is 0.646. The Bertz CT molecular complexity index is 906. The Morgan fingerprint density at radius 2 is 1.50 bits per heavy atom. The van der Waals surface area contributed by atoms with E-state index < -0.39 is 0 Å². The maximum atomic E-state index is 6.37. The minimum atomic E-state index is -0.389. The van der Waals surface area contributed by atoms with Gasteiger partial charge in [-0.25, -0.2) is 4.99 Å². The van der Waals surface area contributed by atoms with E-state index in [1.807, 2.05) is 60.7 Å². The van der Waals surface area contributed by atoms with Crippen molar-refractivity contribution in [2.24, 2.45) is 4.99 Å². The smallest absolute Gasteiger partial charge is 0.217 e. The first kappa shape index (κ1) is 16.9. The van der Waals surface area contributed by atoms with Crippen LogP contribution in [0.3, 0.4) is 0 Å². The molecule has 0 aromatic heterocycles. The predicted molar refractivity (Wildman–Crippen MR) is 107 cm³/mol. The average molecular weight is 362 g/mol. The lowest BCUT2D eigenvalue weighted by atomic mass is 9.85. The lowest BCUT2D eigenvalue weighted by molar-refractivity contribution is 0.147. The molecule has 0 saturated carbocycles. The minimum Gasteiger partial charge on any atom is -0.467 e. The van der Waals surface area contributed by atoms with E-state index in [0.717, 1.165) is 22.6 Å². The van der Waals surface area contributed by atoms with E-state index in [2.05, 4.69) is 31.2 Å². The number of halogens is 1. The number of rotatable bonds is 4. The van der Waals surface area contributed by atoms with E-state index in [1.165, 1.54) is 5.56 Å². The largest absolute Gasteiger partial charge is 0.467 e. The Kier molecular flexibility index (Phi) is 4.52. The molecule has 0 fully saturated rings. The van der Waals surface area contributed by atoms with Crippen LogP contribution in [0.15, 0.2) is 89.9 Å². The fourth-order valence-corrected chi connectivity index (χ4v) is 3.60. The molecule has 0 spiro atoms. The number of hydrogen-bond acceptors (Lipinski definition) is 2. The van der Waals surface area contributed by atoms with Crippen LogP contribution in [-0.4, -0.2) is 11.4 Å². The average Bonchev–Trinajstić information content (AvgIpc) is 3.01. The summed E-state index contributed by atoms with van der Waals surface area (Å²) in [6.45, 7) is 2.16. The monoisotopic (exact) mass is 361 g/mol. The summed E-state index contributed by atoms with van der Waals surface area (Å²) in [5.41, 5.74) is 2.95. The van der Waals surface area contributed by atoms with Crippen molar-refractivity contribution in [1.29, 1.82) is 0 Å². The molecular formula is C23H20ClNO. The molecule has 3 aromatic carbocycles. The van der Waals surface area contributed by atoms with Gasteiger partial charge in [-0.05, 0) is 42.3 Å². The van der Waals surface area contributed by atoms with Crippen molar-refractivity contribution < 1.29 is 4.74 Å². The van der Waals surface area contributed by atoms with Crippen LogP contribution in [0.5, 0.6) is 0 Å². The fraction of sp³-hybridized carbons (Fsp3) is 0.174. The first-order chi connectivity index (χ1) is 12.6. The molecule has 2 atom stereocenters. The van der Waals surface area contributed by atoms with Gasteiger partial charge in [0.1, 0.15) is 5.54 Å². The van der Waals surface area contributed by atoms with Gasteiger partial charge in [-0.2, -0.15) is 0 Å². The van der Waals surface area contributed by atoms with Crippen LogP contribution in [0.1, 0.15) is 29.7 Å². The van der Waals surface area contributed by atoms with Crippen molar-refractivity contribution in [2.75, 3.05) is 0 Å². The summed E-state index contributed by atoms with van der Waals surface area (Å²) in [5.74, 6) is 0.698. The van der Waals surface area contributed by atoms with Crippen LogP contribution in [0.2, 0.25) is 5.02 Å². The zero-order chi connectivity index (χ0) is 18.0. The highest BCUT2D eigenvalue weighted by atomic mass is 35.5. The third-order valence-corrected chi connectivity index (χ3v) is 5.00. The van der Waals surface area contributed by atoms with E-state index in [1.54, 1.807) is 0 Å². The van der Waals surface area contributed by atoms with E-state index in [9.17, 15) is 0 Å². The molecule has 1 aliphatic heterocycles. The summed E-state index contributed by atoms with van der Waals surface area (Å²) in [7, 11) is 0. The number of nitrogens with zero attached hydrogens (tertiary/aromatic N) is 1. The SMILES string of the molecule is C[C@@]1(Cc2ccccc2)N=C(c2ccccc2)O[C@H]1c1ccc(Cl)cc1.